The highest BCUT2D eigenvalue weighted by Crippen LogP contribution is 2.08. The first-order valence-electron chi connectivity index (χ1n) is 3.47. The van der Waals surface area contributed by atoms with Gasteiger partial charge in [0.05, 0.1) is 0 Å². The molecule has 5 heteroatoms. The summed E-state index contributed by atoms with van der Waals surface area (Å²) in [6, 6.07) is 7.67. The highest BCUT2D eigenvalue weighted by atomic mass is 16.7. The van der Waals surface area contributed by atoms with Gasteiger partial charge in [0, 0.05) is 0 Å². The van der Waals surface area contributed by atoms with Gasteiger partial charge in [0.2, 0.25) is 0 Å². The smallest absolute Gasteiger partial charge is 0.395 e. The van der Waals surface area contributed by atoms with Crippen molar-refractivity contribution in [1.82, 2.24) is 0 Å². The van der Waals surface area contributed by atoms with Crippen LogP contribution in [-0.2, 0) is 4.74 Å². The number of hydrogen-bond acceptors (Lipinski definition) is 4. The highest BCUT2D eigenvalue weighted by Gasteiger charge is 2.06. The molecule has 0 spiro atoms. The molecule has 13 heavy (non-hydrogen) atoms. The van der Waals surface area contributed by atoms with Crippen LogP contribution in [0, 0.1) is 5.41 Å². The van der Waals surface area contributed by atoms with E-state index in [4.69, 9.17) is 11.1 Å². The SMILES string of the molecule is N=C(N)OC(=O)Oc1ccccc1. The minimum absolute atomic E-state index is 0.341. The summed E-state index contributed by atoms with van der Waals surface area (Å²) < 4.78 is 8.80. The Kier molecular flexibility index (Phi) is 2.86. The van der Waals surface area contributed by atoms with E-state index >= 15 is 0 Å². The van der Waals surface area contributed by atoms with Crippen molar-refractivity contribution in [3.8, 4) is 5.75 Å². The Morgan fingerprint density at radius 2 is 1.92 bits per heavy atom. The van der Waals surface area contributed by atoms with Crippen LogP contribution in [0.3, 0.4) is 0 Å². The molecule has 1 rings (SSSR count). The monoisotopic (exact) mass is 180 g/mol. The molecule has 0 radical (unpaired) electrons. The normalized spacial score (nSPS) is 8.92. The second-order valence-electron chi connectivity index (χ2n) is 2.13. The molecule has 0 saturated carbocycles. The van der Waals surface area contributed by atoms with E-state index in [1.54, 1.807) is 30.3 Å². The maximum absolute atomic E-state index is 10.8. The summed E-state index contributed by atoms with van der Waals surface area (Å²) in [4.78, 5) is 10.8. The Balaban J connectivity index is 2.50. The number of carbonyl (C=O) groups is 1. The topological polar surface area (TPSA) is 85.4 Å². The van der Waals surface area contributed by atoms with Crippen LogP contribution in [0.25, 0.3) is 0 Å². The van der Waals surface area contributed by atoms with Crippen molar-refractivity contribution in [1.29, 1.82) is 5.41 Å². The fourth-order valence-corrected chi connectivity index (χ4v) is 0.695. The molecule has 0 aromatic heterocycles. The first kappa shape index (κ1) is 9.05. The molecule has 68 valence electrons. The van der Waals surface area contributed by atoms with Gasteiger partial charge < -0.3 is 15.2 Å². The lowest BCUT2D eigenvalue weighted by Crippen LogP contribution is -2.21. The Morgan fingerprint density at radius 1 is 1.31 bits per heavy atom. The molecule has 0 heterocycles. The standard InChI is InChI=1S/C8H8N2O3/c9-7(10)13-8(11)12-6-4-2-1-3-5-6/h1-5H,(H3,9,10). The summed E-state index contributed by atoms with van der Waals surface area (Å²) in [5, 5.41) is 6.65. The molecule has 5 nitrogen and oxygen atoms in total. The second-order valence-corrected chi connectivity index (χ2v) is 2.13. The van der Waals surface area contributed by atoms with Crippen LogP contribution < -0.4 is 10.5 Å². The molecule has 0 saturated heterocycles. The van der Waals surface area contributed by atoms with Crippen LogP contribution >= 0.6 is 0 Å². The molecular weight excluding hydrogens is 172 g/mol. The number of carbonyl (C=O) groups excluding carboxylic acids is 1. The number of nitrogens with one attached hydrogen (secondary N) is 1. The maximum atomic E-state index is 10.8. The summed E-state index contributed by atoms with van der Waals surface area (Å²) in [5.41, 5.74) is 4.81. The van der Waals surface area contributed by atoms with Gasteiger partial charge in [0.15, 0.2) is 0 Å². The molecule has 0 atom stereocenters. The largest absolute Gasteiger partial charge is 0.521 e. The van der Waals surface area contributed by atoms with E-state index in [2.05, 4.69) is 9.47 Å². The van der Waals surface area contributed by atoms with Gasteiger partial charge in [-0.25, -0.2) is 4.79 Å². The van der Waals surface area contributed by atoms with Crippen LogP contribution in [-0.4, -0.2) is 12.2 Å². The molecular formula is C8H8N2O3. The highest BCUT2D eigenvalue weighted by molar-refractivity contribution is 5.81. The zero-order valence-corrected chi connectivity index (χ0v) is 6.69. The van der Waals surface area contributed by atoms with Crippen molar-refractivity contribution in [3.05, 3.63) is 30.3 Å². The molecule has 0 aliphatic rings. The third-order valence-corrected chi connectivity index (χ3v) is 1.14. The van der Waals surface area contributed by atoms with Crippen molar-refractivity contribution < 1.29 is 14.3 Å². The predicted molar refractivity (Wildman–Crippen MR) is 45.5 cm³/mol. The van der Waals surface area contributed by atoms with Gasteiger partial charge in [0.1, 0.15) is 5.75 Å². The molecule has 3 N–H and O–H groups in total. The molecule has 1 aromatic rings. The zero-order chi connectivity index (χ0) is 9.68. The van der Waals surface area contributed by atoms with Crippen molar-refractivity contribution in [3.63, 3.8) is 0 Å². The van der Waals surface area contributed by atoms with Crippen LogP contribution in [0.4, 0.5) is 4.79 Å². The summed E-state index contributed by atoms with van der Waals surface area (Å²) in [5.74, 6) is 0.341. The number of ether oxygens (including phenoxy) is 2. The van der Waals surface area contributed by atoms with Crippen LogP contribution in [0.15, 0.2) is 30.3 Å². The molecule has 0 aliphatic carbocycles. The Hall–Kier alpha value is -2.04. The minimum Gasteiger partial charge on any atom is -0.395 e. The van der Waals surface area contributed by atoms with E-state index in [1.807, 2.05) is 0 Å². The lowest BCUT2D eigenvalue weighted by Gasteiger charge is -2.02. The van der Waals surface area contributed by atoms with Crippen molar-refractivity contribution in [2.45, 2.75) is 0 Å². The Labute approximate surface area is 74.6 Å². The summed E-state index contributed by atoms with van der Waals surface area (Å²) >= 11 is 0. The zero-order valence-electron chi connectivity index (χ0n) is 6.69. The second kappa shape index (κ2) is 4.10. The number of hydrogen-bond donors (Lipinski definition) is 2. The molecule has 0 amide bonds. The van der Waals surface area contributed by atoms with Crippen LogP contribution in [0.5, 0.6) is 5.75 Å². The first-order chi connectivity index (χ1) is 6.18. The molecule has 0 bridgehead atoms. The van der Waals surface area contributed by atoms with Gasteiger partial charge in [-0.15, -0.1) is 0 Å². The lowest BCUT2D eigenvalue weighted by molar-refractivity contribution is 0.147. The summed E-state index contributed by atoms with van der Waals surface area (Å²) in [6.45, 7) is 0. The van der Waals surface area contributed by atoms with E-state index in [-0.39, 0.29) is 0 Å². The third kappa shape index (κ3) is 3.24. The van der Waals surface area contributed by atoms with Gasteiger partial charge in [0.25, 0.3) is 6.02 Å². The number of para-hydroxylation sites is 1. The third-order valence-electron chi connectivity index (χ3n) is 1.14. The minimum atomic E-state index is -1.02. The van der Waals surface area contributed by atoms with E-state index in [9.17, 15) is 4.79 Å². The average molecular weight is 180 g/mol. The van der Waals surface area contributed by atoms with E-state index in [0.717, 1.165) is 0 Å². The number of rotatable bonds is 1. The van der Waals surface area contributed by atoms with Crippen LogP contribution in [0.1, 0.15) is 0 Å². The quantitative estimate of drug-likeness (QED) is 0.293. The molecule has 0 aliphatic heterocycles. The fourth-order valence-electron chi connectivity index (χ4n) is 0.695. The average Bonchev–Trinajstić information content (AvgIpc) is 2.04. The fraction of sp³-hybridized carbons (Fsp3) is 0. The van der Waals surface area contributed by atoms with Crippen LogP contribution in [0.2, 0.25) is 0 Å². The van der Waals surface area contributed by atoms with Gasteiger partial charge in [-0.05, 0) is 12.1 Å². The van der Waals surface area contributed by atoms with Crippen molar-refractivity contribution in [2.75, 3.05) is 0 Å². The van der Waals surface area contributed by atoms with Gasteiger partial charge in [-0.1, -0.05) is 18.2 Å². The number of nitrogens with two attached hydrogens (primary N) is 1. The van der Waals surface area contributed by atoms with E-state index < -0.39 is 12.2 Å². The van der Waals surface area contributed by atoms with Gasteiger partial charge in [-0.3, -0.25) is 5.41 Å². The Bertz CT molecular complexity index is 310. The van der Waals surface area contributed by atoms with E-state index in [0.29, 0.717) is 5.75 Å². The molecule has 0 unspecified atom stereocenters. The maximum Gasteiger partial charge on any atom is 0.521 e. The predicted octanol–water partition coefficient (Wildman–Crippen LogP) is 1.10. The number of amidine groups is 1. The molecule has 1 aromatic carbocycles. The summed E-state index contributed by atoms with van der Waals surface area (Å²) in [6.07, 6.45) is -1.02. The number of benzene rings is 1. The Morgan fingerprint density at radius 3 is 2.46 bits per heavy atom. The van der Waals surface area contributed by atoms with Gasteiger partial charge in [-0.2, -0.15) is 0 Å². The van der Waals surface area contributed by atoms with E-state index in [1.165, 1.54) is 0 Å². The molecule has 0 fully saturated rings. The summed E-state index contributed by atoms with van der Waals surface area (Å²) in [7, 11) is 0. The first-order valence-corrected chi connectivity index (χ1v) is 3.47. The van der Waals surface area contributed by atoms with Crippen molar-refractivity contribution >= 4 is 12.2 Å². The lowest BCUT2D eigenvalue weighted by atomic mass is 10.3. The van der Waals surface area contributed by atoms with Crippen molar-refractivity contribution in [2.24, 2.45) is 5.73 Å². The van der Waals surface area contributed by atoms with Gasteiger partial charge >= 0.3 is 6.16 Å².